The highest BCUT2D eigenvalue weighted by Crippen LogP contribution is 2.36. The fourth-order valence-corrected chi connectivity index (χ4v) is 5.22. The molecule has 2 N–H and O–H groups in total. The van der Waals surface area contributed by atoms with Crippen molar-refractivity contribution in [1.29, 1.82) is 0 Å². The van der Waals surface area contributed by atoms with E-state index in [2.05, 4.69) is 15.6 Å². The number of aromatic nitrogens is 2. The van der Waals surface area contributed by atoms with E-state index in [-0.39, 0.29) is 49.2 Å². The molecule has 2 amide bonds. The lowest BCUT2D eigenvalue weighted by Gasteiger charge is -2.39. The largest absolute Gasteiger partial charge is 0.408 e. The van der Waals surface area contributed by atoms with E-state index in [0.717, 1.165) is 12.0 Å². The third-order valence-electron chi connectivity index (χ3n) is 7.00. The van der Waals surface area contributed by atoms with Gasteiger partial charge in [0.15, 0.2) is 0 Å². The number of fused-ring (bicyclic) bond motifs is 3. The molecule has 2 fully saturated rings. The van der Waals surface area contributed by atoms with Gasteiger partial charge in [-0.2, -0.15) is 18.2 Å². The average Bonchev–Trinajstić information content (AvgIpc) is 3.47. The summed E-state index contributed by atoms with van der Waals surface area (Å²) in [4.78, 5) is 32.4. The van der Waals surface area contributed by atoms with Gasteiger partial charge in [0.05, 0.1) is 18.8 Å². The van der Waals surface area contributed by atoms with E-state index >= 15 is 0 Å². The molecule has 0 saturated carbocycles. The van der Waals surface area contributed by atoms with Crippen LogP contribution in [0.15, 0.2) is 35.1 Å². The lowest BCUT2D eigenvalue weighted by molar-refractivity contribution is -0.152. The molecule has 36 heavy (non-hydrogen) atoms. The maximum absolute atomic E-state index is 14.0. The maximum Gasteiger partial charge on any atom is 0.408 e. The minimum Gasteiger partial charge on any atom is -0.374 e. The summed E-state index contributed by atoms with van der Waals surface area (Å²) in [6.07, 6.45) is -3.45. The van der Waals surface area contributed by atoms with Crippen molar-refractivity contribution in [2.45, 2.75) is 57.1 Å². The van der Waals surface area contributed by atoms with E-state index in [1.807, 2.05) is 11.8 Å². The first-order valence-electron chi connectivity index (χ1n) is 12.2. The van der Waals surface area contributed by atoms with E-state index < -0.39 is 12.2 Å². The van der Waals surface area contributed by atoms with Crippen LogP contribution < -0.4 is 26.0 Å². The zero-order valence-electron chi connectivity index (χ0n) is 19.9. The number of alkyl halides is 3. The van der Waals surface area contributed by atoms with Gasteiger partial charge in [0.1, 0.15) is 11.9 Å². The van der Waals surface area contributed by atoms with E-state index in [9.17, 15) is 22.8 Å². The van der Waals surface area contributed by atoms with Gasteiger partial charge in [0.2, 0.25) is 5.95 Å². The smallest absolute Gasteiger partial charge is 0.374 e. The van der Waals surface area contributed by atoms with E-state index in [1.165, 1.54) is 15.5 Å². The van der Waals surface area contributed by atoms with Crippen LogP contribution in [-0.4, -0.2) is 66.2 Å². The number of anilines is 3. The van der Waals surface area contributed by atoms with E-state index in [0.29, 0.717) is 37.6 Å². The van der Waals surface area contributed by atoms with E-state index in [1.54, 1.807) is 24.3 Å². The second kappa shape index (κ2) is 9.64. The Bertz CT molecular complexity index is 1170. The highest BCUT2D eigenvalue weighted by molar-refractivity contribution is 5.89. The summed E-state index contributed by atoms with van der Waals surface area (Å²) in [5, 5.41) is 5.33. The lowest BCUT2D eigenvalue weighted by Crippen LogP contribution is -2.53. The molecular weight excluding hydrogens is 477 g/mol. The second-order valence-corrected chi connectivity index (χ2v) is 9.37. The molecule has 2 unspecified atom stereocenters. The number of morpholine rings is 1. The highest BCUT2D eigenvalue weighted by atomic mass is 19.4. The van der Waals surface area contributed by atoms with Crippen LogP contribution in [0.4, 0.5) is 35.4 Å². The van der Waals surface area contributed by atoms with Crippen molar-refractivity contribution < 1.29 is 22.7 Å². The molecular formula is C24H29F3N6O3. The number of carbonyl (C=O) groups excluding carboxylic acids is 1. The minimum atomic E-state index is -4.46. The number of carbonyl (C=O) groups is 1. The molecule has 0 aliphatic carbocycles. The first-order valence-corrected chi connectivity index (χ1v) is 12.2. The molecule has 2 aromatic rings. The van der Waals surface area contributed by atoms with Crippen LogP contribution in [0.3, 0.4) is 0 Å². The Balaban J connectivity index is 1.38. The van der Waals surface area contributed by atoms with Gasteiger partial charge in [0, 0.05) is 37.9 Å². The molecule has 3 atom stereocenters. The third kappa shape index (κ3) is 4.86. The summed E-state index contributed by atoms with van der Waals surface area (Å²) < 4.78 is 49.1. The van der Waals surface area contributed by atoms with Gasteiger partial charge in [-0.3, -0.25) is 9.36 Å². The maximum atomic E-state index is 14.0. The zero-order valence-corrected chi connectivity index (χ0v) is 19.9. The number of hydrogen-bond donors (Lipinski definition) is 2. The predicted octanol–water partition coefficient (Wildman–Crippen LogP) is 2.75. The molecule has 5 rings (SSSR count). The molecule has 3 aliphatic heterocycles. The Morgan fingerprint density at radius 2 is 2.03 bits per heavy atom. The number of nitrogens with zero attached hydrogens (tertiary/aromatic N) is 4. The van der Waals surface area contributed by atoms with Crippen LogP contribution >= 0.6 is 0 Å². The van der Waals surface area contributed by atoms with Gasteiger partial charge in [-0.05, 0) is 43.9 Å². The van der Waals surface area contributed by atoms with Gasteiger partial charge in [-0.15, -0.1) is 0 Å². The third-order valence-corrected chi connectivity index (χ3v) is 7.00. The average molecular weight is 507 g/mol. The molecule has 3 aliphatic rings. The standard InChI is InChI=1S/C24H29F3N6O3/c1-2-28-22(35)29-16-5-3-15(4-6-16)7-9-31-19(24(25,26)27)8-10-32-21(34)12-20(30-23(31)32)33-13-18-11-17(33)14-36-18/h3-6,12,17-19H,2,7-11,13-14H2,1H3,(H2,28,29,35)/t17?,18?,19-/m0/s1. The topological polar surface area (TPSA) is 91.7 Å². The van der Waals surface area contributed by atoms with Crippen LogP contribution in [0, 0.1) is 0 Å². The first-order chi connectivity index (χ1) is 17.2. The van der Waals surface area contributed by atoms with Crippen molar-refractivity contribution in [1.82, 2.24) is 14.9 Å². The Hall–Kier alpha value is -3.28. The fourth-order valence-electron chi connectivity index (χ4n) is 5.22. The van der Waals surface area contributed by atoms with Gasteiger partial charge in [-0.25, -0.2) is 4.79 Å². The number of ether oxygens (including phenoxy) is 1. The first kappa shape index (κ1) is 24.4. The fraction of sp³-hybridized carbons (Fsp3) is 0.542. The Labute approximate surface area is 206 Å². The highest BCUT2D eigenvalue weighted by Gasteiger charge is 2.47. The molecule has 12 heteroatoms. The van der Waals surface area contributed by atoms with Gasteiger partial charge in [-0.1, -0.05) is 12.1 Å². The van der Waals surface area contributed by atoms with Crippen molar-refractivity contribution in [3.05, 3.63) is 46.2 Å². The summed E-state index contributed by atoms with van der Waals surface area (Å²) in [6.45, 7) is 3.43. The number of urea groups is 1. The van der Waals surface area contributed by atoms with Gasteiger partial charge in [0.25, 0.3) is 5.56 Å². The summed E-state index contributed by atoms with van der Waals surface area (Å²) in [5.74, 6) is 0.472. The van der Waals surface area contributed by atoms with Crippen LogP contribution in [0.2, 0.25) is 0 Å². The number of halogens is 3. The van der Waals surface area contributed by atoms with Crippen LogP contribution in [0.5, 0.6) is 0 Å². The predicted molar refractivity (Wildman–Crippen MR) is 129 cm³/mol. The number of hydrogen-bond acceptors (Lipinski definition) is 6. The van der Waals surface area contributed by atoms with Gasteiger partial charge >= 0.3 is 12.2 Å². The molecule has 0 radical (unpaired) electrons. The molecule has 0 spiro atoms. The summed E-state index contributed by atoms with van der Waals surface area (Å²) in [5.41, 5.74) is 1.05. The zero-order chi connectivity index (χ0) is 25.4. The second-order valence-electron chi connectivity index (χ2n) is 9.37. The normalized spacial score (nSPS) is 23.1. The summed E-state index contributed by atoms with van der Waals surface area (Å²) in [6, 6.07) is 6.43. The van der Waals surface area contributed by atoms with Crippen molar-refractivity contribution in [3.63, 3.8) is 0 Å². The van der Waals surface area contributed by atoms with Crippen LogP contribution in [-0.2, 0) is 17.7 Å². The van der Waals surface area contributed by atoms with Gasteiger partial charge < -0.3 is 25.2 Å². The van der Waals surface area contributed by atoms with Crippen molar-refractivity contribution in [2.24, 2.45) is 0 Å². The van der Waals surface area contributed by atoms with Crippen molar-refractivity contribution >= 4 is 23.5 Å². The number of benzene rings is 1. The van der Waals surface area contributed by atoms with Crippen molar-refractivity contribution in [2.75, 3.05) is 41.4 Å². The SMILES string of the molecule is CCNC(=O)Nc1ccc(CCN2c3nc(N4CC5CC4CO5)cc(=O)n3CC[C@H]2C(F)(F)F)cc1. The molecule has 9 nitrogen and oxygen atoms in total. The number of nitrogens with one attached hydrogen (secondary N) is 2. The van der Waals surface area contributed by atoms with E-state index in [4.69, 9.17) is 4.74 Å². The molecule has 1 aromatic heterocycles. The van der Waals surface area contributed by atoms with Crippen LogP contribution in [0.1, 0.15) is 25.3 Å². The summed E-state index contributed by atoms with van der Waals surface area (Å²) in [7, 11) is 0. The number of rotatable bonds is 6. The monoisotopic (exact) mass is 506 g/mol. The quantitative estimate of drug-likeness (QED) is 0.626. The Kier molecular flexibility index (Phi) is 6.54. The summed E-state index contributed by atoms with van der Waals surface area (Å²) >= 11 is 0. The molecule has 2 saturated heterocycles. The van der Waals surface area contributed by atoms with Crippen LogP contribution in [0.25, 0.3) is 0 Å². The lowest BCUT2D eigenvalue weighted by atomic mass is 10.1. The number of amides is 2. The minimum absolute atomic E-state index is 0.0303. The Morgan fingerprint density at radius 3 is 2.67 bits per heavy atom. The van der Waals surface area contributed by atoms with Crippen molar-refractivity contribution in [3.8, 4) is 0 Å². The Morgan fingerprint density at radius 1 is 1.25 bits per heavy atom. The molecule has 1 aromatic carbocycles. The molecule has 194 valence electrons. The molecule has 4 heterocycles. The molecule has 2 bridgehead atoms.